The summed E-state index contributed by atoms with van der Waals surface area (Å²) in [6.45, 7) is 0.953. The smallest absolute Gasteiger partial charge is 0.255 e. The van der Waals surface area contributed by atoms with Crippen LogP contribution in [0.25, 0.3) is 0 Å². The lowest BCUT2D eigenvalue weighted by Gasteiger charge is -2.18. The van der Waals surface area contributed by atoms with E-state index < -0.39 is 26.0 Å². The normalized spacial score (nSPS) is 14.9. The van der Waals surface area contributed by atoms with E-state index in [1.807, 2.05) is 0 Å². The lowest BCUT2D eigenvalue weighted by atomic mass is 10.2. The fourth-order valence-electron chi connectivity index (χ4n) is 3.23. The molecule has 0 saturated carbocycles. The number of hydrogen-bond donors (Lipinski definition) is 1. The SMILES string of the molecule is COc1ccc(S(=O)(=O)N2CCCC2)cc1NC(=O)c1ccc(N(C)S(C)(=O)=O)cc1. The fraction of sp³-hybridized carbons (Fsp3) is 0.350. The van der Waals surface area contributed by atoms with Crippen molar-refractivity contribution in [2.75, 3.05) is 43.1 Å². The number of methoxy groups -OCH3 is 1. The van der Waals surface area contributed by atoms with Crippen LogP contribution in [-0.4, -0.2) is 60.6 Å². The van der Waals surface area contributed by atoms with Crippen LogP contribution in [0.5, 0.6) is 5.75 Å². The Morgan fingerprint density at radius 2 is 1.65 bits per heavy atom. The first-order chi connectivity index (χ1) is 14.5. The van der Waals surface area contributed by atoms with Gasteiger partial charge in [0.2, 0.25) is 20.0 Å². The van der Waals surface area contributed by atoms with E-state index in [-0.39, 0.29) is 16.1 Å². The second-order valence-electron chi connectivity index (χ2n) is 7.20. The Hall–Kier alpha value is -2.63. The van der Waals surface area contributed by atoms with Gasteiger partial charge < -0.3 is 10.1 Å². The van der Waals surface area contributed by atoms with E-state index in [1.54, 1.807) is 0 Å². The summed E-state index contributed by atoms with van der Waals surface area (Å²) in [5, 5.41) is 2.68. The van der Waals surface area contributed by atoms with Gasteiger partial charge in [-0.3, -0.25) is 9.10 Å². The van der Waals surface area contributed by atoms with E-state index in [2.05, 4.69) is 5.32 Å². The van der Waals surface area contributed by atoms with E-state index in [9.17, 15) is 21.6 Å². The highest BCUT2D eigenvalue weighted by molar-refractivity contribution is 7.92. The number of carbonyl (C=O) groups is 1. The number of ether oxygens (including phenoxy) is 1. The predicted molar refractivity (Wildman–Crippen MR) is 119 cm³/mol. The molecule has 0 radical (unpaired) electrons. The molecule has 2 aromatic carbocycles. The van der Waals surface area contributed by atoms with Gasteiger partial charge in [0.25, 0.3) is 5.91 Å². The van der Waals surface area contributed by atoms with Gasteiger partial charge in [-0.05, 0) is 55.3 Å². The maximum Gasteiger partial charge on any atom is 0.255 e. The first-order valence-corrected chi connectivity index (χ1v) is 12.9. The third-order valence-corrected chi connectivity index (χ3v) is 8.21. The van der Waals surface area contributed by atoms with Gasteiger partial charge in [-0.1, -0.05) is 0 Å². The van der Waals surface area contributed by atoms with Gasteiger partial charge in [0, 0.05) is 25.7 Å². The van der Waals surface area contributed by atoms with Crippen LogP contribution >= 0.6 is 0 Å². The van der Waals surface area contributed by atoms with Crippen molar-refractivity contribution in [1.29, 1.82) is 0 Å². The van der Waals surface area contributed by atoms with Crippen molar-refractivity contribution in [3.05, 3.63) is 48.0 Å². The third kappa shape index (κ3) is 5.00. The molecule has 0 aliphatic carbocycles. The Labute approximate surface area is 182 Å². The molecule has 11 heteroatoms. The number of nitrogens with zero attached hydrogens (tertiary/aromatic N) is 2. The summed E-state index contributed by atoms with van der Waals surface area (Å²) in [5.41, 5.74) is 0.918. The number of rotatable bonds is 7. The molecule has 3 rings (SSSR count). The molecule has 1 N–H and O–H groups in total. The largest absolute Gasteiger partial charge is 0.495 e. The van der Waals surface area contributed by atoms with Gasteiger partial charge >= 0.3 is 0 Å². The molecular weight excluding hydrogens is 442 g/mol. The molecular formula is C20H25N3O6S2. The van der Waals surface area contributed by atoms with E-state index in [0.717, 1.165) is 23.4 Å². The zero-order valence-electron chi connectivity index (χ0n) is 17.5. The highest BCUT2D eigenvalue weighted by atomic mass is 32.2. The molecule has 31 heavy (non-hydrogen) atoms. The van der Waals surface area contributed by atoms with Crippen LogP contribution in [0.3, 0.4) is 0 Å². The maximum atomic E-state index is 12.8. The van der Waals surface area contributed by atoms with E-state index >= 15 is 0 Å². The summed E-state index contributed by atoms with van der Waals surface area (Å²) in [6, 6.07) is 10.4. The van der Waals surface area contributed by atoms with E-state index in [1.165, 1.54) is 60.9 Å². The van der Waals surface area contributed by atoms with Gasteiger partial charge in [-0.15, -0.1) is 0 Å². The Balaban J connectivity index is 1.85. The molecule has 0 bridgehead atoms. The van der Waals surface area contributed by atoms with E-state index in [0.29, 0.717) is 24.5 Å². The fourth-order valence-corrected chi connectivity index (χ4v) is 5.28. The Bertz CT molecular complexity index is 1170. The molecule has 0 aromatic heterocycles. The van der Waals surface area contributed by atoms with Gasteiger partial charge in [-0.25, -0.2) is 16.8 Å². The number of hydrogen-bond acceptors (Lipinski definition) is 6. The molecule has 1 saturated heterocycles. The zero-order valence-corrected chi connectivity index (χ0v) is 19.2. The summed E-state index contributed by atoms with van der Waals surface area (Å²) in [6.07, 6.45) is 2.73. The average molecular weight is 468 g/mol. The Morgan fingerprint density at radius 1 is 1.03 bits per heavy atom. The topological polar surface area (TPSA) is 113 Å². The molecule has 168 valence electrons. The summed E-state index contributed by atoms with van der Waals surface area (Å²) in [7, 11) is -4.22. The van der Waals surface area contributed by atoms with Crippen molar-refractivity contribution in [3.63, 3.8) is 0 Å². The van der Waals surface area contributed by atoms with Crippen molar-refractivity contribution < 1.29 is 26.4 Å². The standard InChI is InChI=1S/C20H25N3O6S2/c1-22(30(3,25)26)16-8-6-15(7-9-16)20(24)21-18-14-17(10-11-19(18)29-2)31(27,28)23-12-4-5-13-23/h6-11,14H,4-5,12-13H2,1-3H3,(H,21,24). The van der Waals surface area contributed by atoms with Gasteiger partial charge in [0.05, 0.1) is 29.6 Å². The second-order valence-corrected chi connectivity index (χ2v) is 11.2. The average Bonchev–Trinajstić information content (AvgIpc) is 3.28. The number of sulfonamides is 2. The minimum absolute atomic E-state index is 0.0793. The monoisotopic (exact) mass is 467 g/mol. The number of amides is 1. The first-order valence-electron chi connectivity index (χ1n) is 9.57. The molecule has 9 nitrogen and oxygen atoms in total. The first kappa shape index (κ1) is 23.0. The number of anilines is 2. The molecule has 1 heterocycles. The predicted octanol–water partition coefficient (Wildman–Crippen LogP) is 2.13. The minimum Gasteiger partial charge on any atom is -0.495 e. The minimum atomic E-state index is -3.65. The zero-order chi connectivity index (χ0) is 22.8. The molecule has 1 amide bonds. The molecule has 1 aliphatic rings. The summed E-state index contributed by atoms with van der Waals surface area (Å²) in [5.74, 6) is -0.162. The third-order valence-electron chi connectivity index (χ3n) is 5.11. The summed E-state index contributed by atoms with van der Waals surface area (Å²) in [4.78, 5) is 12.8. The van der Waals surface area contributed by atoms with Gasteiger partial charge in [-0.2, -0.15) is 4.31 Å². The van der Waals surface area contributed by atoms with Crippen molar-refractivity contribution in [3.8, 4) is 5.75 Å². The van der Waals surface area contributed by atoms with Crippen LogP contribution < -0.4 is 14.4 Å². The number of carbonyl (C=O) groups excluding carboxylic acids is 1. The van der Waals surface area contributed by atoms with Crippen LogP contribution in [0.15, 0.2) is 47.4 Å². The lowest BCUT2D eigenvalue weighted by Crippen LogP contribution is -2.28. The highest BCUT2D eigenvalue weighted by Gasteiger charge is 2.28. The molecule has 2 aromatic rings. The summed E-state index contributed by atoms with van der Waals surface area (Å²) >= 11 is 0. The van der Waals surface area contributed by atoms with Crippen LogP contribution in [0.2, 0.25) is 0 Å². The molecule has 0 atom stereocenters. The van der Waals surface area contributed by atoms with Gasteiger partial charge in [0.1, 0.15) is 5.75 Å². The molecule has 0 spiro atoms. The molecule has 0 unspecified atom stereocenters. The van der Waals surface area contributed by atoms with Crippen molar-refractivity contribution in [2.24, 2.45) is 0 Å². The molecule has 1 aliphatic heterocycles. The van der Waals surface area contributed by atoms with Crippen molar-refractivity contribution >= 4 is 37.3 Å². The van der Waals surface area contributed by atoms with Crippen LogP contribution in [0, 0.1) is 0 Å². The molecule has 1 fully saturated rings. The quantitative estimate of drug-likeness (QED) is 0.667. The Kier molecular flexibility index (Phi) is 6.58. The lowest BCUT2D eigenvalue weighted by molar-refractivity contribution is 0.102. The van der Waals surface area contributed by atoms with Crippen LogP contribution in [-0.2, 0) is 20.0 Å². The van der Waals surface area contributed by atoms with Crippen molar-refractivity contribution in [1.82, 2.24) is 4.31 Å². The number of nitrogens with one attached hydrogen (secondary N) is 1. The maximum absolute atomic E-state index is 12.8. The van der Waals surface area contributed by atoms with Crippen LogP contribution in [0.4, 0.5) is 11.4 Å². The van der Waals surface area contributed by atoms with Crippen molar-refractivity contribution in [2.45, 2.75) is 17.7 Å². The number of benzene rings is 2. The van der Waals surface area contributed by atoms with Crippen LogP contribution in [0.1, 0.15) is 23.2 Å². The van der Waals surface area contributed by atoms with Gasteiger partial charge in [0.15, 0.2) is 0 Å². The van der Waals surface area contributed by atoms with E-state index in [4.69, 9.17) is 4.74 Å². The summed E-state index contributed by atoms with van der Waals surface area (Å²) < 4.78 is 56.8. The Morgan fingerprint density at radius 3 is 2.19 bits per heavy atom. The highest BCUT2D eigenvalue weighted by Crippen LogP contribution is 2.30. The second kappa shape index (κ2) is 8.85.